The van der Waals surface area contributed by atoms with Crippen LogP contribution in [0.5, 0.6) is 5.75 Å². The first kappa shape index (κ1) is 17.0. The van der Waals surface area contributed by atoms with Crippen LogP contribution in [0, 0.1) is 0 Å². The number of amides is 1. The minimum Gasteiger partial charge on any atom is -0.491 e. The van der Waals surface area contributed by atoms with Crippen LogP contribution in [0.1, 0.15) is 37.0 Å². The highest BCUT2D eigenvalue weighted by atomic mass is 16.5. The number of carbonyl (C=O) groups is 2. The second kappa shape index (κ2) is 8.29. The Kier molecular flexibility index (Phi) is 6.72. The monoisotopic (exact) mass is 293 g/mol. The summed E-state index contributed by atoms with van der Waals surface area (Å²) in [5.74, 6) is 0.414. The van der Waals surface area contributed by atoms with E-state index in [1.807, 2.05) is 13.8 Å². The van der Waals surface area contributed by atoms with E-state index in [0.717, 1.165) is 5.75 Å². The number of nitrogens with zero attached hydrogens (tertiary/aromatic N) is 1. The standard InChI is InChI=1S/C16H23NO4/c1-12(2)21-14-9-7-13(8-10-14)16(19)17(3)11-5-6-15(18)20-4/h7-10,12H,5-6,11H2,1-4H3. The van der Waals surface area contributed by atoms with E-state index in [2.05, 4.69) is 4.74 Å². The topological polar surface area (TPSA) is 55.8 Å². The molecule has 0 aliphatic rings. The van der Waals surface area contributed by atoms with Gasteiger partial charge in [-0.1, -0.05) is 0 Å². The van der Waals surface area contributed by atoms with Gasteiger partial charge in [-0.05, 0) is 44.5 Å². The minimum absolute atomic E-state index is 0.0732. The molecule has 5 nitrogen and oxygen atoms in total. The van der Waals surface area contributed by atoms with Crippen molar-refractivity contribution >= 4 is 11.9 Å². The normalized spacial score (nSPS) is 10.3. The molecule has 1 rings (SSSR count). The van der Waals surface area contributed by atoms with Gasteiger partial charge in [0.05, 0.1) is 13.2 Å². The van der Waals surface area contributed by atoms with Gasteiger partial charge in [-0.3, -0.25) is 9.59 Å². The van der Waals surface area contributed by atoms with Crippen molar-refractivity contribution in [3.8, 4) is 5.75 Å². The Hall–Kier alpha value is -2.04. The van der Waals surface area contributed by atoms with E-state index in [4.69, 9.17) is 4.74 Å². The van der Waals surface area contributed by atoms with Crippen molar-refractivity contribution in [1.29, 1.82) is 0 Å². The summed E-state index contributed by atoms with van der Waals surface area (Å²) in [6.07, 6.45) is 1.01. The zero-order chi connectivity index (χ0) is 15.8. The van der Waals surface area contributed by atoms with Crippen molar-refractivity contribution in [1.82, 2.24) is 4.90 Å². The molecule has 116 valence electrons. The molecule has 1 amide bonds. The van der Waals surface area contributed by atoms with Gasteiger partial charge in [0, 0.05) is 25.6 Å². The average molecular weight is 293 g/mol. The van der Waals surface area contributed by atoms with Crippen LogP contribution in [-0.4, -0.2) is 43.6 Å². The summed E-state index contributed by atoms with van der Waals surface area (Å²) in [6, 6.07) is 7.07. The SMILES string of the molecule is COC(=O)CCCN(C)C(=O)c1ccc(OC(C)C)cc1. The van der Waals surface area contributed by atoms with Crippen LogP contribution in [-0.2, 0) is 9.53 Å². The van der Waals surface area contributed by atoms with Crippen LogP contribution in [0.15, 0.2) is 24.3 Å². The number of hydrogen-bond donors (Lipinski definition) is 0. The second-order valence-electron chi connectivity index (χ2n) is 5.10. The minimum atomic E-state index is -0.258. The molecular formula is C16H23NO4. The molecule has 0 heterocycles. The maximum Gasteiger partial charge on any atom is 0.305 e. The number of methoxy groups -OCH3 is 1. The van der Waals surface area contributed by atoms with Gasteiger partial charge in [0.15, 0.2) is 0 Å². The van der Waals surface area contributed by atoms with Gasteiger partial charge >= 0.3 is 5.97 Å². The fraction of sp³-hybridized carbons (Fsp3) is 0.500. The molecule has 21 heavy (non-hydrogen) atoms. The number of rotatable bonds is 7. The molecule has 1 aromatic carbocycles. The van der Waals surface area contributed by atoms with E-state index in [1.54, 1.807) is 36.2 Å². The van der Waals surface area contributed by atoms with Crippen LogP contribution in [0.25, 0.3) is 0 Å². The first-order valence-corrected chi connectivity index (χ1v) is 7.03. The lowest BCUT2D eigenvalue weighted by Crippen LogP contribution is -2.28. The van der Waals surface area contributed by atoms with Gasteiger partial charge in [0.2, 0.25) is 0 Å². The molecule has 0 aliphatic heterocycles. The second-order valence-corrected chi connectivity index (χ2v) is 5.10. The molecule has 0 unspecified atom stereocenters. The van der Waals surface area contributed by atoms with Crippen molar-refractivity contribution in [3.05, 3.63) is 29.8 Å². The first-order chi connectivity index (χ1) is 9.93. The zero-order valence-electron chi connectivity index (χ0n) is 13.1. The highest BCUT2D eigenvalue weighted by Crippen LogP contribution is 2.15. The number of esters is 1. The average Bonchev–Trinajstić information content (AvgIpc) is 2.46. The molecule has 5 heteroatoms. The molecule has 1 aromatic rings. The van der Waals surface area contributed by atoms with Crippen LogP contribution in [0.3, 0.4) is 0 Å². The highest BCUT2D eigenvalue weighted by Gasteiger charge is 2.12. The lowest BCUT2D eigenvalue weighted by atomic mass is 10.2. The summed E-state index contributed by atoms with van der Waals surface area (Å²) in [5.41, 5.74) is 0.603. The molecule has 0 bridgehead atoms. The molecular weight excluding hydrogens is 270 g/mol. The lowest BCUT2D eigenvalue weighted by Gasteiger charge is -2.17. The lowest BCUT2D eigenvalue weighted by molar-refractivity contribution is -0.140. The Balaban J connectivity index is 2.51. The Labute approximate surface area is 125 Å². The molecule has 0 radical (unpaired) electrons. The fourth-order valence-corrected chi connectivity index (χ4v) is 1.83. The van der Waals surface area contributed by atoms with Crippen molar-refractivity contribution in [3.63, 3.8) is 0 Å². The summed E-state index contributed by atoms with van der Waals surface area (Å²) in [7, 11) is 3.08. The molecule has 0 spiro atoms. The van der Waals surface area contributed by atoms with E-state index in [-0.39, 0.29) is 18.0 Å². The van der Waals surface area contributed by atoms with Crippen LogP contribution in [0.2, 0.25) is 0 Å². The molecule has 0 saturated carbocycles. The Bertz CT molecular complexity index is 468. The summed E-state index contributed by atoms with van der Waals surface area (Å²) in [4.78, 5) is 24.8. The first-order valence-electron chi connectivity index (χ1n) is 7.03. The summed E-state index contributed by atoms with van der Waals surface area (Å²) in [5, 5.41) is 0. The van der Waals surface area contributed by atoms with Gasteiger partial charge in [-0.15, -0.1) is 0 Å². The molecule has 0 fully saturated rings. The quantitative estimate of drug-likeness (QED) is 0.725. The molecule has 0 aromatic heterocycles. The fourth-order valence-electron chi connectivity index (χ4n) is 1.83. The van der Waals surface area contributed by atoms with Gasteiger partial charge in [0.1, 0.15) is 5.75 Å². The predicted octanol–water partition coefficient (Wildman–Crippen LogP) is 2.50. The maximum absolute atomic E-state index is 12.2. The number of hydrogen-bond acceptors (Lipinski definition) is 4. The van der Waals surface area contributed by atoms with Crippen molar-refractivity contribution in [2.24, 2.45) is 0 Å². The predicted molar refractivity (Wildman–Crippen MR) is 80.4 cm³/mol. The summed E-state index contributed by atoms with van der Waals surface area (Å²) in [6.45, 7) is 4.42. The number of carbonyl (C=O) groups excluding carboxylic acids is 2. The van der Waals surface area contributed by atoms with Gasteiger partial charge in [0.25, 0.3) is 5.91 Å². The van der Waals surface area contributed by atoms with E-state index in [0.29, 0.717) is 24.9 Å². The van der Waals surface area contributed by atoms with Gasteiger partial charge in [-0.2, -0.15) is 0 Å². The molecule has 0 aliphatic carbocycles. The Morgan fingerprint density at radius 1 is 1.19 bits per heavy atom. The van der Waals surface area contributed by atoms with Crippen LogP contribution in [0.4, 0.5) is 0 Å². The number of ether oxygens (including phenoxy) is 2. The zero-order valence-corrected chi connectivity index (χ0v) is 13.1. The molecule has 0 N–H and O–H groups in total. The van der Waals surface area contributed by atoms with E-state index in [9.17, 15) is 9.59 Å². The summed E-state index contributed by atoms with van der Waals surface area (Å²) >= 11 is 0. The third-order valence-corrected chi connectivity index (χ3v) is 2.92. The van der Waals surface area contributed by atoms with E-state index in [1.165, 1.54) is 7.11 Å². The maximum atomic E-state index is 12.2. The van der Waals surface area contributed by atoms with Gasteiger partial charge < -0.3 is 14.4 Å². The number of benzene rings is 1. The summed E-state index contributed by atoms with van der Waals surface area (Å²) < 4.78 is 10.1. The van der Waals surface area contributed by atoms with Crippen molar-refractivity contribution in [2.45, 2.75) is 32.8 Å². The third-order valence-electron chi connectivity index (χ3n) is 2.92. The molecule has 0 atom stereocenters. The van der Waals surface area contributed by atoms with Crippen molar-refractivity contribution in [2.75, 3.05) is 20.7 Å². The highest BCUT2D eigenvalue weighted by molar-refractivity contribution is 5.94. The van der Waals surface area contributed by atoms with Crippen LogP contribution >= 0.6 is 0 Å². The Morgan fingerprint density at radius 2 is 1.81 bits per heavy atom. The third kappa shape index (κ3) is 5.85. The van der Waals surface area contributed by atoms with E-state index >= 15 is 0 Å². The van der Waals surface area contributed by atoms with Gasteiger partial charge in [-0.25, -0.2) is 0 Å². The van der Waals surface area contributed by atoms with Crippen LogP contribution < -0.4 is 4.74 Å². The largest absolute Gasteiger partial charge is 0.491 e. The Morgan fingerprint density at radius 3 is 2.33 bits per heavy atom. The smallest absolute Gasteiger partial charge is 0.305 e. The molecule has 0 saturated heterocycles. The van der Waals surface area contributed by atoms with E-state index < -0.39 is 0 Å². The van der Waals surface area contributed by atoms with Crippen molar-refractivity contribution < 1.29 is 19.1 Å².